The Hall–Kier alpha value is -2.62. The van der Waals surface area contributed by atoms with Crippen LogP contribution in [0.4, 0.5) is 5.69 Å². The highest BCUT2D eigenvalue weighted by atomic mass is 16.5. The lowest BCUT2D eigenvalue weighted by Crippen LogP contribution is -2.31. The van der Waals surface area contributed by atoms with Crippen molar-refractivity contribution >= 4 is 17.5 Å². The SMILES string of the molecule is O=C1C2COc3ccccc3C2C(=O)N1c1ccccc1. The van der Waals surface area contributed by atoms with Crippen molar-refractivity contribution in [3.63, 3.8) is 0 Å². The van der Waals surface area contributed by atoms with E-state index in [1.807, 2.05) is 42.5 Å². The summed E-state index contributed by atoms with van der Waals surface area (Å²) in [5, 5.41) is 0. The number of hydrogen-bond acceptors (Lipinski definition) is 3. The number of nitrogens with zero attached hydrogens (tertiary/aromatic N) is 1. The smallest absolute Gasteiger partial charge is 0.242 e. The van der Waals surface area contributed by atoms with E-state index in [0.717, 1.165) is 5.56 Å². The van der Waals surface area contributed by atoms with Gasteiger partial charge in [0.25, 0.3) is 0 Å². The minimum atomic E-state index is -0.428. The number of benzene rings is 2. The molecule has 2 aromatic carbocycles. The van der Waals surface area contributed by atoms with E-state index < -0.39 is 11.8 Å². The zero-order chi connectivity index (χ0) is 14.4. The second kappa shape index (κ2) is 4.45. The van der Waals surface area contributed by atoms with Crippen molar-refractivity contribution in [2.45, 2.75) is 5.92 Å². The summed E-state index contributed by atoms with van der Waals surface area (Å²) >= 11 is 0. The Morgan fingerprint density at radius 3 is 2.43 bits per heavy atom. The minimum absolute atomic E-state index is 0.160. The highest BCUT2D eigenvalue weighted by Crippen LogP contribution is 2.44. The van der Waals surface area contributed by atoms with Gasteiger partial charge >= 0.3 is 0 Å². The normalized spacial score (nSPS) is 23.5. The molecule has 0 N–H and O–H groups in total. The number of imide groups is 1. The molecule has 21 heavy (non-hydrogen) atoms. The average Bonchev–Trinajstić information content (AvgIpc) is 2.80. The van der Waals surface area contributed by atoms with Gasteiger partial charge in [-0.1, -0.05) is 36.4 Å². The number of anilines is 1. The quantitative estimate of drug-likeness (QED) is 0.753. The summed E-state index contributed by atoms with van der Waals surface area (Å²) in [6.45, 7) is 0.260. The number of amides is 2. The third kappa shape index (κ3) is 1.69. The van der Waals surface area contributed by atoms with Crippen LogP contribution in [0.1, 0.15) is 11.5 Å². The molecule has 0 saturated carbocycles. The average molecular weight is 279 g/mol. The molecule has 4 heteroatoms. The van der Waals surface area contributed by atoms with Crippen LogP contribution in [0.15, 0.2) is 54.6 Å². The monoisotopic (exact) mass is 279 g/mol. The predicted molar refractivity (Wildman–Crippen MR) is 77.1 cm³/mol. The molecule has 2 aliphatic rings. The molecule has 2 atom stereocenters. The Kier molecular flexibility index (Phi) is 2.57. The molecule has 1 fully saturated rings. The highest BCUT2D eigenvalue weighted by molar-refractivity contribution is 6.24. The van der Waals surface area contributed by atoms with E-state index in [1.165, 1.54) is 4.90 Å². The van der Waals surface area contributed by atoms with E-state index >= 15 is 0 Å². The van der Waals surface area contributed by atoms with Crippen molar-refractivity contribution in [2.75, 3.05) is 11.5 Å². The van der Waals surface area contributed by atoms with Crippen LogP contribution in [0.2, 0.25) is 0 Å². The summed E-state index contributed by atoms with van der Waals surface area (Å²) in [5.74, 6) is -0.484. The van der Waals surface area contributed by atoms with Crippen LogP contribution in [0.25, 0.3) is 0 Å². The fraction of sp³-hybridized carbons (Fsp3) is 0.176. The lowest BCUT2D eigenvalue weighted by molar-refractivity contribution is -0.122. The van der Waals surface area contributed by atoms with E-state index in [1.54, 1.807) is 12.1 Å². The van der Waals surface area contributed by atoms with Crippen LogP contribution >= 0.6 is 0 Å². The van der Waals surface area contributed by atoms with Crippen LogP contribution in [-0.4, -0.2) is 18.4 Å². The summed E-state index contributed by atoms with van der Waals surface area (Å²) in [7, 11) is 0. The van der Waals surface area contributed by atoms with Gasteiger partial charge in [-0.2, -0.15) is 0 Å². The lowest BCUT2D eigenvalue weighted by Gasteiger charge is -2.24. The molecule has 0 spiro atoms. The van der Waals surface area contributed by atoms with Gasteiger partial charge in [-0.3, -0.25) is 9.59 Å². The van der Waals surface area contributed by atoms with Gasteiger partial charge in [0.2, 0.25) is 11.8 Å². The van der Waals surface area contributed by atoms with E-state index in [4.69, 9.17) is 4.74 Å². The number of fused-ring (bicyclic) bond motifs is 3. The number of rotatable bonds is 1. The molecular formula is C17H13NO3. The third-order valence-corrected chi connectivity index (χ3v) is 4.11. The van der Waals surface area contributed by atoms with Crippen LogP contribution in [0.3, 0.4) is 0 Å². The molecule has 4 nitrogen and oxygen atoms in total. The minimum Gasteiger partial charge on any atom is -0.492 e. The van der Waals surface area contributed by atoms with Gasteiger partial charge in [0, 0.05) is 5.56 Å². The second-order valence-corrected chi connectivity index (χ2v) is 5.28. The zero-order valence-electron chi connectivity index (χ0n) is 11.2. The van der Waals surface area contributed by atoms with Crippen molar-refractivity contribution in [1.29, 1.82) is 0 Å². The molecule has 2 aliphatic heterocycles. The van der Waals surface area contributed by atoms with Gasteiger partial charge in [0.1, 0.15) is 12.4 Å². The van der Waals surface area contributed by atoms with Crippen LogP contribution in [-0.2, 0) is 9.59 Å². The van der Waals surface area contributed by atoms with Crippen LogP contribution in [0, 0.1) is 5.92 Å². The maximum atomic E-state index is 12.8. The van der Waals surface area contributed by atoms with Crippen LogP contribution in [0.5, 0.6) is 5.75 Å². The Labute approximate surface area is 121 Å². The molecule has 0 radical (unpaired) electrons. The number of carbonyl (C=O) groups excluding carboxylic acids is 2. The fourth-order valence-corrected chi connectivity index (χ4v) is 3.13. The Bertz CT molecular complexity index is 726. The molecule has 2 heterocycles. The number of hydrogen-bond donors (Lipinski definition) is 0. The molecule has 0 aliphatic carbocycles. The summed E-state index contributed by atoms with van der Waals surface area (Å²) in [5.41, 5.74) is 1.44. The van der Waals surface area contributed by atoms with Gasteiger partial charge in [-0.25, -0.2) is 4.90 Å². The molecule has 0 aromatic heterocycles. The highest BCUT2D eigenvalue weighted by Gasteiger charge is 2.51. The summed E-state index contributed by atoms with van der Waals surface area (Å²) in [6, 6.07) is 16.5. The number of para-hydroxylation sites is 2. The summed E-state index contributed by atoms with van der Waals surface area (Å²) in [4.78, 5) is 26.6. The van der Waals surface area contributed by atoms with Crippen molar-refractivity contribution in [3.8, 4) is 5.75 Å². The van der Waals surface area contributed by atoms with Gasteiger partial charge < -0.3 is 4.74 Å². The molecule has 2 amide bonds. The summed E-state index contributed by atoms with van der Waals surface area (Å²) in [6.07, 6.45) is 0. The maximum absolute atomic E-state index is 12.8. The van der Waals surface area contributed by atoms with Crippen molar-refractivity contribution < 1.29 is 14.3 Å². The standard InChI is InChI=1S/C17H13NO3/c19-16-13-10-21-14-9-5-4-8-12(14)15(13)17(20)18(16)11-6-2-1-3-7-11/h1-9,13,15H,10H2. The zero-order valence-corrected chi connectivity index (χ0v) is 11.2. The second-order valence-electron chi connectivity index (χ2n) is 5.28. The molecule has 1 saturated heterocycles. The van der Waals surface area contributed by atoms with Crippen molar-refractivity contribution in [1.82, 2.24) is 0 Å². The first-order valence-corrected chi connectivity index (χ1v) is 6.92. The maximum Gasteiger partial charge on any atom is 0.242 e. The van der Waals surface area contributed by atoms with E-state index in [2.05, 4.69) is 0 Å². The fourth-order valence-electron chi connectivity index (χ4n) is 3.13. The predicted octanol–water partition coefficient (Wildman–Crippen LogP) is 2.35. The van der Waals surface area contributed by atoms with Crippen molar-refractivity contribution in [2.24, 2.45) is 5.92 Å². The Morgan fingerprint density at radius 1 is 0.905 bits per heavy atom. The van der Waals surface area contributed by atoms with E-state index in [-0.39, 0.29) is 18.4 Å². The first kappa shape index (κ1) is 12.1. The lowest BCUT2D eigenvalue weighted by atomic mass is 9.86. The number of ether oxygens (including phenoxy) is 1. The topological polar surface area (TPSA) is 46.6 Å². The van der Waals surface area contributed by atoms with Crippen molar-refractivity contribution in [3.05, 3.63) is 60.2 Å². The largest absolute Gasteiger partial charge is 0.492 e. The van der Waals surface area contributed by atoms with Gasteiger partial charge in [-0.15, -0.1) is 0 Å². The first-order valence-electron chi connectivity index (χ1n) is 6.92. The van der Waals surface area contributed by atoms with Gasteiger partial charge in [-0.05, 0) is 18.2 Å². The molecule has 2 unspecified atom stereocenters. The van der Waals surface area contributed by atoms with Gasteiger partial charge in [0.15, 0.2) is 0 Å². The molecular weight excluding hydrogens is 266 g/mol. The Morgan fingerprint density at radius 2 is 1.62 bits per heavy atom. The third-order valence-electron chi connectivity index (χ3n) is 4.11. The van der Waals surface area contributed by atoms with E-state index in [0.29, 0.717) is 11.4 Å². The van der Waals surface area contributed by atoms with E-state index in [9.17, 15) is 9.59 Å². The molecule has 0 bridgehead atoms. The molecule has 2 aromatic rings. The Balaban J connectivity index is 1.81. The summed E-state index contributed by atoms with van der Waals surface area (Å²) < 4.78 is 5.64. The van der Waals surface area contributed by atoms with Crippen LogP contribution < -0.4 is 9.64 Å². The molecule has 104 valence electrons. The first-order chi connectivity index (χ1) is 10.3. The molecule has 4 rings (SSSR count). The van der Waals surface area contributed by atoms with Gasteiger partial charge in [0.05, 0.1) is 17.5 Å². The number of carbonyl (C=O) groups is 2.